The molecule has 1 aromatic heterocycles. The molecule has 1 heterocycles. The number of hydrogen-bond acceptors (Lipinski definition) is 2. The summed E-state index contributed by atoms with van der Waals surface area (Å²) in [5.74, 6) is -1.85. The predicted molar refractivity (Wildman–Crippen MR) is 55.9 cm³/mol. The number of hydrogen-bond donors (Lipinski definition) is 1. The summed E-state index contributed by atoms with van der Waals surface area (Å²) in [7, 11) is 0. The van der Waals surface area contributed by atoms with Gasteiger partial charge in [-0.25, -0.2) is 4.98 Å². The Morgan fingerprint density at radius 3 is 2.76 bits per heavy atom. The van der Waals surface area contributed by atoms with Crippen LogP contribution in [0, 0.1) is 0 Å². The van der Waals surface area contributed by atoms with Gasteiger partial charge in [-0.1, -0.05) is 11.6 Å². The van der Waals surface area contributed by atoms with E-state index in [0.29, 0.717) is 16.1 Å². The highest BCUT2D eigenvalue weighted by Gasteiger charge is 2.38. The van der Waals surface area contributed by atoms with Gasteiger partial charge in [0.05, 0.1) is 17.5 Å². The van der Waals surface area contributed by atoms with Crippen molar-refractivity contribution in [3.63, 3.8) is 0 Å². The highest BCUT2D eigenvalue weighted by Crippen LogP contribution is 2.20. The van der Waals surface area contributed by atoms with Crippen molar-refractivity contribution in [2.45, 2.75) is 12.6 Å². The third-order valence-electron chi connectivity index (χ3n) is 2.14. The second kappa shape index (κ2) is 4.03. The maximum Gasteiger partial charge on any atom is 0.450 e. The number of rotatable bonds is 2. The van der Waals surface area contributed by atoms with Crippen molar-refractivity contribution in [1.82, 2.24) is 9.97 Å². The van der Waals surface area contributed by atoms with Gasteiger partial charge in [0.15, 0.2) is 0 Å². The van der Waals surface area contributed by atoms with Gasteiger partial charge in [0.1, 0.15) is 5.82 Å². The summed E-state index contributed by atoms with van der Waals surface area (Å²) in [5.41, 5.74) is 0.974. The number of carbonyl (C=O) groups is 1. The van der Waals surface area contributed by atoms with E-state index in [9.17, 15) is 18.0 Å². The lowest BCUT2D eigenvalue weighted by Gasteiger charge is -2.01. The van der Waals surface area contributed by atoms with Gasteiger partial charge in [0.2, 0.25) is 5.78 Å². The molecule has 0 fully saturated rings. The van der Waals surface area contributed by atoms with Crippen LogP contribution in [0.5, 0.6) is 0 Å². The number of aromatic amines is 1. The van der Waals surface area contributed by atoms with Crippen molar-refractivity contribution in [2.24, 2.45) is 0 Å². The van der Waals surface area contributed by atoms with Crippen molar-refractivity contribution in [1.29, 1.82) is 0 Å². The molecule has 0 amide bonds. The van der Waals surface area contributed by atoms with Gasteiger partial charge in [-0.15, -0.1) is 0 Å². The number of ketones is 1. The number of fused-ring (bicyclic) bond motifs is 1. The van der Waals surface area contributed by atoms with Gasteiger partial charge in [-0.3, -0.25) is 4.79 Å². The fourth-order valence-electron chi connectivity index (χ4n) is 1.37. The minimum absolute atomic E-state index is 0.0235. The Kier molecular flexibility index (Phi) is 2.82. The molecule has 0 atom stereocenters. The summed E-state index contributed by atoms with van der Waals surface area (Å²) in [4.78, 5) is 17.3. The van der Waals surface area contributed by atoms with Gasteiger partial charge in [0.25, 0.3) is 0 Å². The minimum atomic E-state index is -4.84. The van der Waals surface area contributed by atoms with Gasteiger partial charge in [-0.2, -0.15) is 13.2 Å². The van der Waals surface area contributed by atoms with Crippen LogP contribution < -0.4 is 0 Å². The van der Waals surface area contributed by atoms with Crippen molar-refractivity contribution in [3.05, 3.63) is 29.0 Å². The number of nitrogens with one attached hydrogen (secondary N) is 1. The van der Waals surface area contributed by atoms with Crippen LogP contribution >= 0.6 is 11.6 Å². The summed E-state index contributed by atoms with van der Waals surface area (Å²) < 4.78 is 36.1. The summed E-state index contributed by atoms with van der Waals surface area (Å²) in [6.07, 6.45) is -5.63. The first kappa shape index (κ1) is 11.9. The summed E-state index contributed by atoms with van der Waals surface area (Å²) in [6, 6.07) is 4.67. The van der Waals surface area contributed by atoms with Crippen LogP contribution in [0.4, 0.5) is 13.2 Å². The molecule has 1 N–H and O–H groups in total. The van der Waals surface area contributed by atoms with Crippen LogP contribution in [0.1, 0.15) is 5.82 Å². The van der Waals surface area contributed by atoms with Crippen LogP contribution in [-0.2, 0) is 11.2 Å². The first-order chi connectivity index (χ1) is 7.86. The highest BCUT2D eigenvalue weighted by atomic mass is 35.5. The molecule has 1 aromatic carbocycles. The fourth-order valence-corrected chi connectivity index (χ4v) is 1.54. The van der Waals surface area contributed by atoms with Gasteiger partial charge in [0, 0.05) is 5.02 Å². The quantitative estimate of drug-likeness (QED) is 0.904. The number of carbonyl (C=O) groups excluding carboxylic acids is 1. The van der Waals surface area contributed by atoms with E-state index in [-0.39, 0.29) is 5.82 Å². The highest BCUT2D eigenvalue weighted by molar-refractivity contribution is 6.31. The van der Waals surface area contributed by atoms with Gasteiger partial charge < -0.3 is 4.98 Å². The second-order valence-electron chi connectivity index (χ2n) is 3.44. The first-order valence-corrected chi connectivity index (χ1v) is 4.98. The molecule has 0 saturated heterocycles. The zero-order valence-corrected chi connectivity index (χ0v) is 9.06. The molecule has 3 nitrogen and oxygen atoms in total. The Morgan fingerprint density at radius 2 is 2.12 bits per heavy atom. The van der Waals surface area contributed by atoms with E-state index in [0.717, 1.165) is 0 Å². The molecule has 2 rings (SSSR count). The summed E-state index contributed by atoms with van der Waals surface area (Å²) >= 11 is 5.71. The normalized spacial score (nSPS) is 12.0. The van der Waals surface area contributed by atoms with E-state index in [1.807, 2.05) is 0 Å². The Morgan fingerprint density at radius 1 is 1.41 bits per heavy atom. The molecule has 0 aliphatic carbocycles. The number of halogens is 4. The minimum Gasteiger partial charge on any atom is -0.342 e. The van der Waals surface area contributed by atoms with Crippen LogP contribution in [-0.4, -0.2) is 21.9 Å². The largest absolute Gasteiger partial charge is 0.450 e. The lowest BCUT2D eigenvalue weighted by Crippen LogP contribution is -2.24. The van der Waals surface area contributed by atoms with Crippen molar-refractivity contribution in [2.75, 3.05) is 0 Å². The van der Waals surface area contributed by atoms with E-state index in [4.69, 9.17) is 11.6 Å². The molecule has 0 unspecified atom stereocenters. The molecule has 0 radical (unpaired) electrons. The topological polar surface area (TPSA) is 45.8 Å². The number of imidazole rings is 1. The lowest BCUT2D eigenvalue weighted by atomic mass is 10.3. The maximum absolute atomic E-state index is 12.0. The molecule has 0 aliphatic heterocycles. The number of alkyl halides is 3. The Bertz CT molecular complexity index is 576. The number of benzene rings is 1. The lowest BCUT2D eigenvalue weighted by molar-refractivity contribution is -0.170. The summed E-state index contributed by atoms with van der Waals surface area (Å²) in [5, 5.41) is 0.440. The standard InChI is InChI=1S/C10H6ClF3N2O/c11-5-1-2-6-7(3-5)16-9(15-6)4-8(17)10(12,13)14/h1-3H,4H2,(H,15,16). The molecule has 0 bridgehead atoms. The Balaban J connectivity index is 2.29. The van der Waals surface area contributed by atoms with Gasteiger partial charge in [-0.05, 0) is 18.2 Å². The number of aromatic nitrogens is 2. The van der Waals surface area contributed by atoms with E-state index < -0.39 is 18.4 Å². The zero-order chi connectivity index (χ0) is 12.6. The van der Waals surface area contributed by atoms with E-state index in [1.54, 1.807) is 12.1 Å². The SMILES string of the molecule is O=C(Cc1nc2ccc(Cl)cc2[nH]1)C(F)(F)F. The zero-order valence-electron chi connectivity index (χ0n) is 8.31. The molecular formula is C10H6ClF3N2O. The molecular weight excluding hydrogens is 257 g/mol. The molecule has 17 heavy (non-hydrogen) atoms. The average molecular weight is 263 g/mol. The van der Waals surface area contributed by atoms with E-state index in [1.165, 1.54) is 6.07 Å². The Labute approximate surface area is 98.6 Å². The smallest absolute Gasteiger partial charge is 0.342 e. The molecule has 0 spiro atoms. The maximum atomic E-state index is 12.0. The van der Waals surface area contributed by atoms with Crippen LogP contribution in [0.3, 0.4) is 0 Å². The Hall–Kier alpha value is -1.56. The molecule has 0 saturated carbocycles. The van der Waals surface area contributed by atoms with E-state index in [2.05, 4.69) is 9.97 Å². The third kappa shape index (κ3) is 2.58. The predicted octanol–water partition coefficient (Wildman–Crippen LogP) is 2.89. The van der Waals surface area contributed by atoms with Crippen LogP contribution in [0.25, 0.3) is 11.0 Å². The third-order valence-corrected chi connectivity index (χ3v) is 2.37. The first-order valence-electron chi connectivity index (χ1n) is 4.60. The van der Waals surface area contributed by atoms with Gasteiger partial charge >= 0.3 is 6.18 Å². The fraction of sp³-hybridized carbons (Fsp3) is 0.200. The van der Waals surface area contributed by atoms with Crippen molar-refractivity contribution >= 4 is 28.4 Å². The number of Topliss-reactive ketones (excluding diaryl/α,β-unsaturated/α-hetero) is 1. The monoisotopic (exact) mass is 262 g/mol. The summed E-state index contributed by atoms with van der Waals surface area (Å²) in [6.45, 7) is 0. The molecule has 7 heteroatoms. The van der Waals surface area contributed by atoms with Crippen molar-refractivity contribution in [3.8, 4) is 0 Å². The second-order valence-corrected chi connectivity index (χ2v) is 3.88. The molecule has 0 aliphatic rings. The molecule has 90 valence electrons. The van der Waals surface area contributed by atoms with Crippen molar-refractivity contribution < 1.29 is 18.0 Å². The molecule has 2 aromatic rings. The average Bonchev–Trinajstić information content (AvgIpc) is 2.57. The number of nitrogens with zero attached hydrogens (tertiary/aromatic N) is 1. The van der Waals surface area contributed by atoms with Crippen LogP contribution in [0.2, 0.25) is 5.02 Å². The number of H-pyrrole nitrogens is 1. The van der Waals surface area contributed by atoms with Crippen LogP contribution in [0.15, 0.2) is 18.2 Å². The van der Waals surface area contributed by atoms with E-state index >= 15 is 0 Å².